The van der Waals surface area contributed by atoms with Gasteiger partial charge < -0.3 is 0 Å². The molecule has 4 nitrogen and oxygen atoms in total. The molecule has 25 heavy (non-hydrogen) atoms. The van der Waals surface area contributed by atoms with Gasteiger partial charge in [-0.1, -0.05) is 48.0 Å². The molecule has 1 spiro atoms. The van der Waals surface area contributed by atoms with Crippen molar-refractivity contribution in [2.24, 2.45) is 0 Å². The van der Waals surface area contributed by atoms with Crippen LogP contribution in [0, 0.1) is 10.1 Å². The molecular formula is C20H19ClN2O2. The fourth-order valence-electron chi connectivity index (χ4n) is 4.08. The van der Waals surface area contributed by atoms with Gasteiger partial charge in [-0.3, -0.25) is 15.0 Å². The van der Waals surface area contributed by atoms with E-state index in [4.69, 9.17) is 11.6 Å². The number of allylic oxidation sites excluding steroid dienone is 1. The molecule has 0 amide bonds. The minimum absolute atomic E-state index is 0.132. The normalized spacial score (nSPS) is 18.4. The molecule has 0 atom stereocenters. The largest absolute Gasteiger partial charge is 0.299 e. The molecular weight excluding hydrogens is 336 g/mol. The Balaban J connectivity index is 1.50. The number of benzene rings is 2. The zero-order chi connectivity index (χ0) is 17.4. The number of halogens is 1. The Morgan fingerprint density at radius 3 is 2.68 bits per heavy atom. The van der Waals surface area contributed by atoms with Crippen LogP contribution < -0.4 is 0 Å². The Morgan fingerprint density at radius 2 is 1.92 bits per heavy atom. The van der Waals surface area contributed by atoms with Gasteiger partial charge >= 0.3 is 0 Å². The number of piperidine rings is 1. The van der Waals surface area contributed by atoms with Crippen LogP contribution in [0.2, 0.25) is 5.02 Å². The summed E-state index contributed by atoms with van der Waals surface area (Å²) in [6.45, 7) is 2.41. The second kappa shape index (κ2) is 6.28. The van der Waals surface area contributed by atoms with Crippen molar-refractivity contribution in [3.8, 4) is 0 Å². The van der Waals surface area contributed by atoms with Crippen LogP contribution in [0.5, 0.6) is 0 Å². The molecule has 1 aliphatic carbocycles. The van der Waals surface area contributed by atoms with E-state index in [1.54, 1.807) is 12.1 Å². The first kappa shape index (κ1) is 16.3. The molecule has 1 aliphatic heterocycles. The van der Waals surface area contributed by atoms with E-state index in [2.05, 4.69) is 41.3 Å². The second-order valence-corrected chi connectivity index (χ2v) is 7.32. The van der Waals surface area contributed by atoms with Crippen LogP contribution in [0.1, 0.15) is 29.5 Å². The third-order valence-electron chi connectivity index (χ3n) is 5.46. The first-order valence-corrected chi connectivity index (χ1v) is 8.89. The number of nitro groups is 1. The van der Waals surface area contributed by atoms with Gasteiger partial charge in [-0.25, -0.2) is 0 Å². The molecule has 1 fully saturated rings. The van der Waals surface area contributed by atoms with Crippen LogP contribution in [-0.2, 0) is 12.0 Å². The summed E-state index contributed by atoms with van der Waals surface area (Å²) < 4.78 is 0. The van der Waals surface area contributed by atoms with Crippen molar-refractivity contribution >= 4 is 23.4 Å². The van der Waals surface area contributed by atoms with Crippen LogP contribution in [-0.4, -0.2) is 22.9 Å². The van der Waals surface area contributed by atoms with Crippen LogP contribution >= 0.6 is 11.6 Å². The topological polar surface area (TPSA) is 46.4 Å². The van der Waals surface area contributed by atoms with E-state index in [0.29, 0.717) is 17.1 Å². The lowest BCUT2D eigenvalue weighted by atomic mass is 9.74. The monoisotopic (exact) mass is 354 g/mol. The molecule has 2 aromatic carbocycles. The van der Waals surface area contributed by atoms with Crippen molar-refractivity contribution in [3.63, 3.8) is 0 Å². The quantitative estimate of drug-likeness (QED) is 0.587. The number of hydrogen-bond donors (Lipinski definition) is 0. The van der Waals surface area contributed by atoms with Gasteiger partial charge in [0.25, 0.3) is 5.69 Å². The highest BCUT2D eigenvalue weighted by atomic mass is 35.5. The van der Waals surface area contributed by atoms with Gasteiger partial charge in [-0.15, -0.1) is 0 Å². The van der Waals surface area contributed by atoms with Crippen LogP contribution in [0.4, 0.5) is 5.69 Å². The van der Waals surface area contributed by atoms with Crippen molar-refractivity contribution in [2.45, 2.75) is 24.8 Å². The van der Waals surface area contributed by atoms with Crippen molar-refractivity contribution in [3.05, 3.63) is 80.4 Å². The van der Waals surface area contributed by atoms with E-state index in [0.717, 1.165) is 25.9 Å². The Hall–Kier alpha value is -2.17. The zero-order valence-corrected chi connectivity index (χ0v) is 14.6. The summed E-state index contributed by atoms with van der Waals surface area (Å²) in [7, 11) is 0. The number of nitro benzene ring substituents is 1. The lowest BCUT2D eigenvalue weighted by Gasteiger charge is -2.39. The number of rotatable bonds is 3. The molecule has 2 aliphatic rings. The molecule has 5 heteroatoms. The van der Waals surface area contributed by atoms with E-state index >= 15 is 0 Å². The second-order valence-electron chi connectivity index (χ2n) is 6.88. The number of nitrogens with zero attached hydrogens (tertiary/aromatic N) is 2. The lowest BCUT2D eigenvalue weighted by Crippen LogP contribution is -2.40. The Morgan fingerprint density at radius 1 is 1.16 bits per heavy atom. The summed E-state index contributed by atoms with van der Waals surface area (Å²) in [6, 6.07) is 13.4. The maximum atomic E-state index is 11.3. The van der Waals surface area contributed by atoms with E-state index in [9.17, 15) is 10.1 Å². The van der Waals surface area contributed by atoms with E-state index in [-0.39, 0.29) is 16.0 Å². The molecule has 0 radical (unpaired) electrons. The molecule has 1 heterocycles. The van der Waals surface area contributed by atoms with Gasteiger partial charge in [0.05, 0.1) is 4.92 Å². The molecule has 0 bridgehead atoms. The maximum Gasteiger partial charge on any atom is 0.273 e. The molecule has 0 saturated carbocycles. The molecule has 0 aromatic heterocycles. The van der Waals surface area contributed by atoms with E-state index in [1.165, 1.54) is 17.2 Å². The van der Waals surface area contributed by atoms with Gasteiger partial charge in [0.1, 0.15) is 0 Å². The molecule has 0 N–H and O–H groups in total. The lowest BCUT2D eigenvalue weighted by molar-refractivity contribution is -0.385. The molecule has 128 valence electrons. The number of fused-ring (bicyclic) bond motifs is 2. The van der Waals surface area contributed by atoms with Crippen LogP contribution in [0.15, 0.2) is 48.5 Å². The highest BCUT2D eigenvalue weighted by Gasteiger charge is 2.37. The fraction of sp³-hybridized carbons (Fsp3) is 0.300. The van der Waals surface area contributed by atoms with Gasteiger partial charge in [0, 0.05) is 28.6 Å². The molecule has 0 unspecified atom stereocenters. The molecule has 1 saturated heterocycles. The summed E-state index contributed by atoms with van der Waals surface area (Å²) in [6.07, 6.45) is 6.65. The summed E-state index contributed by atoms with van der Waals surface area (Å²) in [4.78, 5) is 13.2. The summed E-state index contributed by atoms with van der Waals surface area (Å²) >= 11 is 6.04. The minimum atomic E-state index is -0.326. The standard InChI is InChI=1S/C20H19ClN2O2/c21-17-5-6-19(23(24)25)16(13-17)14-22-11-9-20(10-12-22)8-7-15-3-1-2-4-18(15)20/h1-8,13H,9-12,14H2. The minimum Gasteiger partial charge on any atom is -0.299 e. The van der Waals surface area contributed by atoms with E-state index in [1.807, 2.05) is 0 Å². The first-order valence-electron chi connectivity index (χ1n) is 8.51. The maximum absolute atomic E-state index is 11.3. The third-order valence-corrected chi connectivity index (χ3v) is 5.69. The van der Waals surface area contributed by atoms with Crippen LogP contribution in [0.3, 0.4) is 0 Å². The Bertz CT molecular complexity index is 855. The van der Waals surface area contributed by atoms with Gasteiger partial charge in [0.15, 0.2) is 0 Å². The Labute approximate surface area is 151 Å². The van der Waals surface area contributed by atoms with Gasteiger partial charge in [-0.05, 0) is 49.2 Å². The van der Waals surface area contributed by atoms with E-state index < -0.39 is 0 Å². The zero-order valence-electron chi connectivity index (χ0n) is 13.8. The summed E-state index contributed by atoms with van der Waals surface area (Å²) in [5.74, 6) is 0. The van der Waals surface area contributed by atoms with Crippen molar-refractivity contribution in [2.75, 3.05) is 13.1 Å². The average Bonchev–Trinajstić information content (AvgIpc) is 2.96. The smallest absolute Gasteiger partial charge is 0.273 e. The first-order chi connectivity index (χ1) is 12.1. The number of likely N-dealkylation sites (tertiary alicyclic amines) is 1. The predicted octanol–water partition coefficient (Wildman–Crippen LogP) is 4.81. The molecule has 2 aromatic rings. The number of hydrogen-bond acceptors (Lipinski definition) is 3. The fourth-order valence-corrected chi connectivity index (χ4v) is 4.28. The SMILES string of the molecule is O=[N+]([O-])c1ccc(Cl)cc1CN1CCC2(C=Cc3ccccc32)CC1. The Kier molecular flexibility index (Phi) is 4.10. The summed E-state index contributed by atoms with van der Waals surface area (Å²) in [5, 5.41) is 11.8. The van der Waals surface area contributed by atoms with Crippen molar-refractivity contribution in [1.82, 2.24) is 4.90 Å². The highest BCUT2D eigenvalue weighted by Crippen LogP contribution is 2.43. The average molecular weight is 355 g/mol. The van der Waals surface area contributed by atoms with Crippen molar-refractivity contribution in [1.29, 1.82) is 0 Å². The van der Waals surface area contributed by atoms with Gasteiger partial charge in [-0.2, -0.15) is 0 Å². The van der Waals surface area contributed by atoms with Crippen LogP contribution in [0.25, 0.3) is 6.08 Å². The summed E-state index contributed by atoms with van der Waals surface area (Å²) in [5.41, 5.74) is 3.71. The third kappa shape index (κ3) is 2.96. The predicted molar refractivity (Wildman–Crippen MR) is 99.8 cm³/mol. The molecule has 4 rings (SSSR count). The van der Waals surface area contributed by atoms with Gasteiger partial charge in [0.2, 0.25) is 0 Å². The highest BCUT2D eigenvalue weighted by molar-refractivity contribution is 6.30. The van der Waals surface area contributed by atoms with Crippen molar-refractivity contribution < 1.29 is 4.92 Å².